The predicted molar refractivity (Wildman–Crippen MR) is 261 cm³/mol. The SMILES string of the molecule is CCCCCCCC/C=C\CCCCCCCCCC(=O)NC(COP(=O)([O-])OCC[N+](C)(C)C)C(O)/C=C/CC/C=C/CCCCCCCCCCCCCCCCCC. The maximum atomic E-state index is 12.9. The van der Waals surface area contributed by atoms with Crippen LogP contribution < -0.4 is 10.2 Å². The molecule has 0 bridgehead atoms. The Morgan fingerprint density at radius 2 is 0.918 bits per heavy atom. The van der Waals surface area contributed by atoms with Gasteiger partial charge in [-0.05, 0) is 57.8 Å². The summed E-state index contributed by atoms with van der Waals surface area (Å²) in [5, 5.41) is 13.8. The van der Waals surface area contributed by atoms with Gasteiger partial charge in [-0.3, -0.25) is 9.36 Å². The molecule has 0 fully saturated rings. The smallest absolute Gasteiger partial charge is 0.268 e. The lowest BCUT2D eigenvalue weighted by Crippen LogP contribution is -2.45. The Kier molecular flexibility index (Phi) is 43.0. The Balaban J connectivity index is 4.35. The van der Waals surface area contributed by atoms with E-state index >= 15 is 0 Å². The molecule has 0 aliphatic heterocycles. The first-order valence-electron chi connectivity index (χ1n) is 25.9. The summed E-state index contributed by atoms with van der Waals surface area (Å²) in [4.78, 5) is 25.4. The molecule has 1 amide bonds. The molecule has 0 aliphatic carbocycles. The van der Waals surface area contributed by atoms with Crippen LogP contribution in [0, 0.1) is 0 Å². The molecule has 0 saturated carbocycles. The number of rotatable bonds is 47. The number of carbonyl (C=O) groups excluding carboxylic acids is 1. The van der Waals surface area contributed by atoms with E-state index in [1.165, 1.54) is 180 Å². The van der Waals surface area contributed by atoms with Gasteiger partial charge in [0, 0.05) is 6.42 Å². The van der Waals surface area contributed by atoms with Crippen LogP contribution in [-0.2, 0) is 18.4 Å². The van der Waals surface area contributed by atoms with Crippen molar-refractivity contribution in [3.05, 3.63) is 36.5 Å². The van der Waals surface area contributed by atoms with Crippen molar-refractivity contribution in [2.45, 2.75) is 251 Å². The molecule has 0 rings (SSSR count). The summed E-state index contributed by atoms with van der Waals surface area (Å²) in [7, 11) is 1.24. The second kappa shape index (κ2) is 43.9. The number of aliphatic hydroxyl groups is 1. The van der Waals surface area contributed by atoms with E-state index in [9.17, 15) is 19.4 Å². The van der Waals surface area contributed by atoms with Gasteiger partial charge in [-0.1, -0.05) is 211 Å². The van der Waals surface area contributed by atoms with Gasteiger partial charge in [-0.15, -0.1) is 0 Å². The van der Waals surface area contributed by atoms with Gasteiger partial charge >= 0.3 is 0 Å². The standard InChI is InChI=1S/C52H101N2O6P/c1-6-8-10-12-14-16-18-20-22-24-25-26-27-28-30-31-33-35-37-39-41-43-45-51(55)50(49-60-61(57,58)59-48-47-54(3,4)5)53-52(56)46-44-42-40-38-36-34-32-29-23-21-19-17-15-13-11-9-7-2/h21,23,35,37,43,45,50-51,55H,6-20,22,24-34,36,38-42,44,46-49H2,1-5H3,(H-,53,56,57,58)/b23-21-,37-35+,45-43+. The summed E-state index contributed by atoms with van der Waals surface area (Å²) in [6.07, 6.45) is 54.9. The van der Waals surface area contributed by atoms with E-state index in [0.717, 1.165) is 38.5 Å². The Bertz CT molecular complexity index is 1090. The third-order valence-electron chi connectivity index (χ3n) is 11.6. The predicted octanol–water partition coefficient (Wildman–Crippen LogP) is 14.4. The Labute approximate surface area is 378 Å². The van der Waals surface area contributed by atoms with Gasteiger partial charge in [0.15, 0.2) is 0 Å². The minimum atomic E-state index is -4.60. The second-order valence-electron chi connectivity index (χ2n) is 18.9. The largest absolute Gasteiger partial charge is 0.756 e. The fourth-order valence-electron chi connectivity index (χ4n) is 7.46. The van der Waals surface area contributed by atoms with E-state index in [2.05, 4.69) is 43.5 Å². The molecule has 0 radical (unpaired) electrons. The van der Waals surface area contributed by atoms with E-state index in [0.29, 0.717) is 17.4 Å². The van der Waals surface area contributed by atoms with Crippen molar-refractivity contribution in [3.63, 3.8) is 0 Å². The Morgan fingerprint density at radius 3 is 1.33 bits per heavy atom. The molecule has 360 valence electrons. The quantitative estimate of drug-likeness (QED) is 0.0273. The van der Waals surface area contributed by atoms with Crippen LogP contribution in [0.5, 0.6) is 0 Å². The lowest BCUT2D eigenvalue weighted by atomic mass is 10.0. The number of hydrogen-bond donors (Lipinski definition) is 2. The molecular weight excluding hydrogens is 780 g/mol. The second-order valence-corrected chi connectivity index (χ2v) is 20.3. The number of allylic oxidation sites excluding steroid dienone is 5. The number of aliphatic hydroxyl groups excluding tert-OH is 1. The van der Waals surface area contributed by atoms with Crippen LogP contribution in [0.4, 0.5) is 0 Å². The number of phosphoric acid groups is 1. The molecule has 61 heavy (non-hydrogen) atoms. The minimum Gasteiger partial charge on any atom is -0.756 e. The first-order valence-corrected chi connectivity index (χ1v) is 27.3. The lowest BCUT2D eigenvalue weighted by Gasteiger charge is -2.29. The highest BCUT2D eigenvalue weighted by Gasteiger charge is 2.23. The number of hydrogen-bond acceptors (Lipinski definition) is 6. The highest BCUT2D eigenvalue weighted by Crippen LogP contribution is 2.38. The van der Waals surface area contributed by atoms with Crippen molar-refractivity contribution < 1.29 is 32.9 Å². The monoisotopic (exact) mass is 881 g/mol. The van der Waals surface area contributed by atoms with Crippen LogP contribution >= 0.6 is 7.82 Å². The summed E-state index contributed by atoms with van der Waals surface area (Å²) in [5.74, 6) is -0.211. The van der Waals surface area contributed by atoms with E-state index in [-0.39, 0.29) is 12.5 Å². The van der Waals surface area contributed by atoms with Crippen molar-refractivity contribution in [2.75, 3.05) is 40.9 Å². The summed E-state index contributed by atoms with van der Waals surface area (Å²) < 4.78 is 23.3. The van der Waals surface area contributed by atoms with E-state index in [1.54, 1.807) is 6.08 Å². The zero-order valence-electron chi connectivity index (χ0n) is 40.9. The molecule has 2 N–H and O–H groups in total. The summed E-state index contributed by atoms with van der Waals surface area (Å²) in [5.41, 5.74) is 0. The fraction of sp³-hybridized carbons (Fsp3) is 0.865. The number of nitrogens with one attached hydrogen (secondary N) is 1. The van der Waals surface area contributed by atoms with Crippen LogP contribution in [0.3, 0.4) is 0 Å². The van der Waals surface area contributed by atoms with Gasteiger partial charge in [0.2, 0.25) is 5.91 Å². The first kappa shape index (κ1) is 59.7. The van der Waals surface area contributed by atoms with Gasteiger partial charge in [0.05, 0.1) is 39.9 Å². The molecule has 0 aromatic heterocycles. The van der Waals surface area contributed by atoms with Crippen LogP contribution in [0.2, 0.25) is 0 Å². The van der Waals surface area contributed by atoms with Crippen LogP contribution in [0.1, 0.15) is 239 Å². The van der Waals surface area contributed by atoms with Crippen LogP contribution in [0.15, 0.2) is 36.5 Å². The Hall–Kier alpha value is -1.28. The maximum Gasteiger partial charge on any atom is 0.268 e. The van der Waals surface area contributed by atoms with Crippen molar-refractivity contribution in [2.24, 2.45) is 0 Å². The number of phosphoric ester groups is 1. The number of carbonyl (C=O) groups is 1. The molecular formula is C52H101N2O6P. The maximum absolute atomic E-state index is 12.9. The normalized spacial score (nSPS) is 14.4. The van der Waals surface area contributed by atoms with Gasteiger partial charge in [0.1, 0.15) is 13.2 Å². The molecule has 3 unspecified atom stereocenters. The van der Waals surface area contributed by atoms with Crippen molar-refractivity contribution in [1.82, 2.24) is 5.32 Å². The number of amides is 1. The highest BCUT2D eigenvalue weighted by atomic mass is 31.2. The number of quaternary nitrogens is 1. The third kappa shape index (κ3) is 46.5. The zero-order chi connectivity index (χ0) is 45.0. The highest BCUT2D eigenvalue weighted by molar-refractivity contribution is 7.45. The molecule has 8 nitrogen and oxygen atoms in total. The van der Waals surface area contributed by atoms with Crippen molar-refractivity contribution >= 4 is 13.7 Å². The van der Waals surface area contributed by atoms with E-state index in [4.69, 9.17) is 9.05 Å². The first-order chi connectivity index (χ1) is 29.5. The zero-order valence-corrected chi connectivity index (χ0v) is 41.8. The average Bonchev–Trinajstić information content (AvgIpc) is 3.21. The average molecular weight is 881 g/mol. The molecule has 3 atom stereocenters. The molecule has 0 aromatic rings. The van der Waals surface area contributed by atoms with E-state index < -0.39 is 26.6 Å². The number of likely N-dealkylation sites (N-methyl/N-ethyl adjacent to an activating group) is 1. The molecule has 0 heterocycles. The van der Waals surface area contributed by atoms with Gasteiger partial charge in [0.25, 0.3) is 7.82 Å². The molecule has 0 spiro atoms. The lowest BCUT2D eigenvalue weighted by molar-refractivity contribution is -0.870. The van der Waals surface area contributed by atoms with Crippen LogP contribution in [0.25, 0.3) is 0 Å². The summed E-state index contributed by atoms with van der Waals surface area (Å²) in [6, 6.07) is -0.904. The molecule has 0 saturated heterocycles. The molecule has 0 aliphatic rings. The minimum absolute atomic E-state index is 0.00684. The van der Waals surface area contributed by atoms with Gasteiger partial charge in [-0.25, -0.2) is 0 Å². The number of nitrogens with zero attached hydrogens (tertiary/aromatic N) is 1. The summed E-state index contributed by atoms with van der Waals surface area (Å²) >= 11 is 0. The van der Waals surface area contributed by atoms with Crippen molar-refractivity contribution in [1.29, 1.82) is 0 Å². The van der Waals surface area contributed by atoms with Crippen molar-refractivity contribution in [3.8, 4) is 0 Å². The summed E-state index contributed by atoms with van der Waals surface area (Å²) in [6.45, 7) is 4.64. The Morgan fingerprint density at radius 1 is 0.557 bits per heavy atom. The molecule has 9 heteroatoms. The topological polar surface area (TPSA) is 108 Å². The third-order valence-corrected chi connectivity index (χ3v) is 12.5. The van der Waals surface area contributed by atoms with E-state index in [1.807, 2.05) is 27.2 Å². The van der Waals surface area contributed by atoms with Gasteiger partial charge < -0.3 is 28.8 Å². The molecule has 0 aromatic carbocycles. The van der Waals surface area contributed by atoms with Gasteiger partial charge in [-0.2, -0.15) is 0 Å². The number of unbranched alkanes of at least 4 members (excludes halogenated alkanes) is 30. The fourth-order valence-corrected chi connectivity index (χ4v) is 8.18. The van der Waals surface area contributed by atoms with Crippen LogP contribution in [-0.4, -0.2) is 68.5 Å².